The number of nitrogens with one attached hydrogen (secondary N) is 2. The number of aromatic nitrogens is 1. The molecule has 1 aromatic heterocycles. The summed E-state index contributed by atoms with van der Waals surface area (Å²) in [5.74, 6) is -0.231. The minimum Gasteiger partial charge on any atom is -0.376 e. The van der Waals surface area contributed by atoms with Gasteiger partial charge in [0.15, 0.2) is 0 Å². The standard InChI is InChI=1S/C22H23FN2O2/c23-16-9-7-15(8-10-16)22-19(18-5-1-2-6-20(18)25-22)11-12-21(26)24-14-17-4-3-13-27-17/h1-2,5-10,17,25H,3-4,11-14H2,(H,24,26). The number of H-pyrrole nitrogens is 1. The van der Waals surface area contributed by atoms with Gasteiger partial charge in [-0.15, -0.1) is 0 Å². The summed E-state index contributed by atoms with van der Waals surface area (Å²) in [5, 5.41) is 4.08. The number of para-hydroxylation sites is 1. The molecule has 3 aromatic rings. The fourth-order valence-electron chi connectivity index (χ4n) is 3.68. The summed E-state index contributed by atoms with van der Waals surface area (Å²) in [4.78, 5) is 15.7. The molecule has 0 radical (unpaired) electrons. The highest BCUT2D eigenvalue weighted by Crippen LogP contribution is 2.31. The van der Waals surface area contributed by atoms with Crippen LogP contribution in [0.15, 0.2) is 48.5 Å². The summed E-state index contributed by atoms with van der Waals surface area (Å²) in [6, 6.07) is 14.5. The molecule has 27 heavy (non-hydrogen) atoms. The molecule has 1 fully saturated rings. The van der Waals surface area contributed by atoms with Gasteiger partial charge >= 0.3 is 0 Å². The Kier molecular flexibility index (Phi) is 5.21. The van der Waals surface area contributed by atoms with E-state index in [1.54, 1.807) is 12.1 Å². The van der Waals surface area contributed by atoms with E-state index in [0.717, 1.165) is 47.2 Å². The molecule has 0 spiro atoms. The molecule has 5 heteroatoms. The predicted molar refractivity (Wildman–Crippen MR) is 104 cm³/mol. The van der Waals surface area contributed by atoms with E-state index in [0.29, 0.717) is 19.4 Å². The van der Waals surface area contributed by atoms with Gasteiger partial charge in [-0.3, -0.25) is 4.79 Å². The van der Waals surface area contributed by atoms with Crippen LogP contribution >= 0.6 is 0 Å². The van der Waals surface area contributed by atoms with E-state index in [1.807, 2.05) is 18.2 Å². The van der Waals surface area contributed by atoms with Gasteiger partial charge in [-0.2, -0.15) is 0 Å². The number of amides is 1. The summed E-state index contributed by atoms with van der Waals surface area (Å²) in [7, 11) is 0. The lowest BCUT2D eigenvalue weighted by atomic mass is 10.0. The van der Waals surface area contributed by atoms with Gasteiger partial charge in [-0.1, -0.05) is 18.2 Å². The van der Waals surface area contributed by atoms with Gasteiger partial charge in [0.2, 0.25) is 5.91 Å². The Balaban J connectivity index is 1.52. The van der Waals surface area contributed by atoms with Crippen LogP contribution in [0.4, 0.5) is 4.39 Å². The second kappa shape index (κ2) is 7.92. The van der Waals surface area contributed by atoms with Gasteiger partial charge in [0.1, 0.15) is 5.82 Å². The minimum absolute atomic E-state index is 0.0286. The second-order valence-corrected chi connectivity index (χ2v) is 6.97. The summed E-state index contributed by atoms with van der Waals surface area (Å²) in [5.41, 5.74) is 3.97. The Morgan fingerprint density at radius 3 is 2.78 bits per heavy atom. The van der Waals surface area contributed by atoms with Crippen LogP contribution in [0.25, 0.3) is 22.2 Å². The van der Waals surface area contributed by atoms with Crippen molar-refractivity contribution in [3.8, 4) is 11.3 Å². The Bertz CT molecular complexity index is 927. The third-order valence-electron chi connectivity index (χ3n) is 5.10. The normalized spacial score (nSPS) is 16.7. The number of aryl methyl sites for hydroxylation is 1. The molecule has 2 heterocycles. The van der Waals surface area contributed by atoms with E-state index in [-0.39, 0.29) is 17.8 Å². The molecule has 1 saturated heterocycles. The largest absolute Gasteiger partial charge is 0.376 e. The zero-order chi connectivity index (χ0) is 18.6. The molecule has 1 amide bonds. The van der Waals surface area contributed by atoms with E-state index < -0.39 is 0 Å². The number of fused-ring (bicyclic) bond motifs is 1. The maximum absolute atomic E-state index is 13.3. The number of carbonyl (C=O) groups is 1. The first-order valence-corrected chi connectivity index (χ1v) is 9.44. The molecule has 0 aliphatic carbocycles. The van der Waals surface area contributed by atoms with Gasteiger partial charge in [0.25, 0.3) is 0 Å². The number of hydrogen-bond acceptors (Lipinski definition) is 2. The van der Waals surface area contributed by atoms with Gasteiger partial charge in [-0.25, -0.2) is 4.39 Å². The molecular formula is C22H23FN2O2. The van der Waals surface area contributed by atoms with Gasteiger partial charge in [-0.05, 0) is 60.7 Å². The van der Waals surface area contributed by atoms with Crippen molar-refractivity contribution in [1.29, 1.82) is 0 Å². The molecule has 4 rings (SSSR count). The molecule has 140 valence electrons. The van der Waals surface area contributed by atoms with Crippen LogP contribution in [0.2, 0.25) is 0 Å². The highest BCUT2D eigenvalue weighted by Gasteiger charge is 2.17. The van der Waals surface area contributed by atoms with Crippen LogP contribution in [0.1, 0.15) is 24.8 Å². The Morgan fingerprint density at radius 1 is 1.19 bits per heavy atom. The average Bonchev–Trinajstić information content (AvgIpc) is 3.33. The second-order valence-electron chi connectivity index (χ2n) is 6.97. The van der Waals surface area contributed by atoms with E-state index >= 15 is 0 Å². The summed E-state index contributed by atoms with van der Waals surface area (Å²) in [6.45, 7) is 1.37. The van der Waals surface area contributed by atoms with Crippen molar-refractivity contribution in [3.05, 3.63) is 59.9 Å². The molecule has 0 saturated carbocycles. The molecule has 1 aliphatic heterocycles. The average molecular weight is 366 g/mol. The number of ether oxygens (including phenoxy) is 1. The zero-order valence-corrected chi connectivity index (χ0v) is 15.1. The molecule has 1 atom stereocenters. The van der Waals surface area contributed by atoms with Crippen molar-refractivity contribution in [3.63, 3.8) is 0 Å². The molecular weight excluding hydrogens is 343 g/mol. The number of aromatic amines is 1. The third-order valence-corrected chi connectivity index (χ3v) is 5.10. The highest BCUT2D eigenvalue weighted by atomic mass is 19.1. The zero-order valence-electron chi connectivity index (χ0n) is 15.1. The van der Waals surface area contributed by atoms with Crippen LogP contribution in [0.5, 0.6) is 0 Å². The number of rotatable bonds is 6. The van der Waals surface area contributed by atoms with Crippen LogP contribution in [0, 0.1) is 5.82 Å². The van der Waals surface area contributed by atoms with E-state index in [2.05, 4.69) is 16.4 Å². The van der Waals surface area contributed by atoms with Crippen molar-refractivity contribution in [1.82, 2.24) is 10.3 Å². The monoisotopic (exact) mass is 366 g/mol. The van der Waals surface area contributed by atoms with Crippen LogP contribution in [0.3, 0.4) is 0 Å². The number of benzene rings is 2. The number of hydrogen-bond donors (Lipinski definition) is 2. The molecule has 1 aliphatic rings. The molecule has 2 aromatic carbocycles. The van der Waals surface area contributed by atoms with Gasteiger partial charge < -0.3 is 15.0 Å². The van der Waals surface area contributed by atoms with E-state index in [4.69, 9.17) is 4.74 Å². The highest BCUT2D eigenvalue weighted by molar-refractivity contribution is 5.91. The lowest BCUT2D eigenvalue weighted by Gasteiger charge is -2.11. The van der Waals surface area contributed by atoms with Crippen molar-refractivity contribution in [2.45, 2.75) is 31.8 Å². The third kappa shape index (κ3) is 4.03. The van der Waals surface area contributed by atoms with E-state index in [9.17, 15) is 9.18 Å². The first kappa shape index (κ1) is 17.7. The summed E-state index contributed by atoms with van der Waals surface area (Å²) in [6.07, 6.45) is 3.25. The SMILES string of the molecule is O=C(CCc1c(-c2ccc(F)cc2)[nH]c2ccccc12)NCC1CCCO1. The van der Waals surface area contributed by atoms with Gasteiger partial charge in [0, 0.05) is 36.2 Å². The minimum atomic E-state index is -0.259. The molecule has 1 unspecified atom stereocenters. The van der Waals surface area contributed by atoms with Crippen molar-refractivity contribution in [2.24, 2.45) is 0 Å². The van der Waals surface area contributed by atoms with E-state index in [1.165, 1.54) is 12.1 Å². The summed E-state index contributed by atoms with van der Waals surface area (Å²) < 4.78 is 18.8. The summed E-state index contributed by atoms with van der Waals surface area (Å²) >= 11 is 0. The fourth-order valence-corrected chi connectivity index (χ4v) is 3.68. The van der Waals surface area contributed by atoms with Crippen LogP contribution in [-0.4, -0.2) is 30.1 Å². The Labute approximate surface area is 157 Å². The smallest absolute Gasteiger partial charge is 0.220 e. The van der Waals surface area contributed by atoms with Crippen LogP contribution in [-0.2, 0) is 16.0 Å². The lowest BCUT2D eigenvalue weighted by Crippen LogP contribution is -2.31. The maximum atomic E-state index is 13.3. The van der Waals surface area contributed by atoms with Crippen molar-refractivity contribution < 1.29 is 13.9 Å². The Hall–Kier alpha value is -2.66. The van der Waals surface area contributed by atoms with Crippen molar-refractivity contribution in [2.75, 3.05) is 13.2 Å². The maximum Gasteiger partial charge on any atom is 0.220 e. The quantitative estimate of drug-likeness (QED) is 0.687. The first-order valence-electron chi connectivity index (χ1n) is 9.44. The first-order chi connectivity index (χ1) is 13.2. The molecule has 2 N–H and O–H groups in total. The van der Waals surface area contributed by atoms with Crippen molar-refractivity contribution >= 4 is 16.8 Å². The topological polar surface area (TPSA) is 54.1 Å². The Morgan fingerprint density at radius 2 is 2.00 bits per heavy atom. The lowest BCUT2D eigenvalue weighted by molar-refractivity contribution is -0.121. The number of halogens is 1. The molecule has 0 bridgehead atoms. The van der Waals surface area contributed by atoms with Gasteiger partial charge in [0.05, 0.1) is 6.10 Å². The van der Waals surface area contributed by atoms with Crippen LogP contribution < -0.4 is 5.32 Å². The predicted octanol–water partition coefficient (Wildman–Crippen LogP) is 4.20. The number of carbonyl (C=O) groups excluding carboxylic acids is 1. The fraction of sp³-hybridized carbons (Fsp3) is 0.318. The molecule has 4 nitrogen and oxygen atoms in total.